The molecule has 0 amide bonds. The highest BCUT2D eigenvalue weighted by Crippen LogP contribution is 2.27. The summed E-state index contributed by atoms with van der Waals surface area (Å²) in [6.07, 6.45) is -63.1. The molecule has 0 unspecified atom stereocenters. The Labute approximate surface area is 546 Å². The van der Waals surface area contributed by atoms with Crippen LogP contribution in [0.2, 0.25) is 0 Å². The number of rotatable bonds is 37. The highest BCUT2D eigenvalue weighted by Gasteiger charge is 2.65. The molecule has 237 valence electrons. The van der Waals surface area contributed by atoms with Crippen molar-refractivity contribution in [3.8, 4) is 0 Å². The maximum absolute atomic E-state index is 6.88. The van der Waals surface area contributed by atoms with E-state index in [1.807, 2.05) is 0 Å². The molecule has 0 saturated heterocycles. The summed E-state index contributed by atoms with van der Waals surface area (Å²) in [5, 5.41) is 0. The highest BCUT2D eigenvalue weighted by molar-refractivity contribution is 8.41. The minimum atomic E-state index is -1.89. The first kappa shape index (κ1) is 83.1. The monoisotopic (exact) mass is 859 g/mol. The summed E-state index contributed by atoms with van der Waals surface area (Å²) >= 11 is 0. The zero-order valence-electron chi connectivity index (χ0n) is 45.0. The molecule has 83 radical (unpaired) electrons. The third-order valence-electron chi connectivity index (χ3n) is 16.4. The average Bonchev–Trinajstić information content (AvgIpc) is 3.20. The van der Waals surface area contributed by atoms with Crippen molar-refractivity contribution in [1.82, 2.24) is 0 Å². The Morgan fingerprint density at radius 3 is 0.256 bits per heavy atom. The first-order valence-corrected chi connectivity index (χ1v) is 25.7. The Bertz CT molecular complexity index is 1160. The molecule has 0 aliphatic carbocycles. The van der Waals surface area contributed by atoms with Crippen molar-refractivity contribution in [3.05, 3.63) is 0 Å². The van der Waals surface area contributed by atoms with Gasteiger partial charge in [0.25, 0.3) is 0 Å². The number of hydrogen-bond acceptors (Lipinski definition) is 0. The third kappa shape index (κ3) is 22.2. The van der Waals surface area contributed by atoms with Crippen LogP contribution in [0.4, 0.5) is 0 Å². The van der Waals surface area contributed by atoms with Gasteiger partial charge in [0, 0.05) is 0 Å². The van der Waals surface area contributed by atoms with Gasteiger partial charge in [-0.15, -0.1) is 6.39 Å². The van der Waals surface area contributed by atoms with Crippen LogP contribution in [0.15, 0.2) is 0 Å². The van der Waals surface area contributed by atoms with Crippen LogP contribution >= 0.6 is 0 Å². The van der Waals surface area contributed by atoms with Gasteiger partial charge < -0.3 is 29.6 Å². The zero-order chi connectivity index (χ0) is 61.9. The molecular formula is B78-3. The summed E-state index contributed by atoms with van der Waals surface area (Å²) in [7, 11) is 274. The molecule has 0 aromatic carbocycles. The van der Waals surface area contributed by atoms with Crippen LogP contribution in [0.25, 0.3) is 0 Å². The van der Waals surface area contributed by atoms with Crippen LogP contribution < -0.4 is 0 Å². The summed E-state index contributed by atoms with van der Waals surface area (Å²) in [5.41, 5.74) is 0. The normalized spacial score (nSPS) is 9.83. The summed E-state index contributed by atoms with van der Waals surface area (Å²) in [4.78, 5) is 0. The molecule has 0 spiro atoms. The van der Waals surface area contributed by atoms with Crippen LogP contribution in [-0.4, -0.2) is 552 Å². The lowest BCUT2D eigenvalue weighted by Gasteiger charge is -2.64. The molecule has 0 rings (SSSR count). The standard InChI is InChI=1S/B78/c1-41(2)61(42(3)4)71(62(43(5)6)44(7)8)76(72(63(45(9)10)46(11)12)64(47(13)14)48(15)16)78(75(69(57(33)34)58(35)36)70(59(37)38)60(39)40)77(73(65(49(17)18)50(19)20)66(51(21)22)52(23)24)74(67(53(25)26)54(27)28)68(55(29)30)56(31)32/q-3. The molecule has 0 nitrogen and oxygen atoms in total. The Kier molecular flexibility index (Phi) is 40.5. The van der Waals surface area contributed by atoms with Gasteiger partial charge in [-0.05, 0) is 510 Å². The Balaban J connectivity index is 12.5. The molecule has 0 atom stereocenters. The lowest BCUT2D eigenvalue weighted by atomic mass is 8.20. The first-order chi connectivity index (χ1) is 35.4. The van der Waals surface area contributed by atoms with E-state index in [2.05, 4.69) is 0 Å². The van der Waals surface area contributed by atoms with Gasteiger partial charge in [-0.3, -0.25) is 0 Å². The molecule has 0 aliphatic heterocycles. The van der Waals surface area contributed by atoms with Gasteiger partial charge in [0.05, 0.1) is 0 Å². The van der Waals surface area contributed by atoms with Gasteiger partial charge in [0.1, 0.15) is 0 Å². The number of hydrogen-bond donors (Lipinski definition) is 0. The van der Waals surface area contributed by atoms with E-state index in [-0.39, 0.29) is 0 Å². The van der Waals surface area contributed by atoms with Crippen LogP contribution in [0.1, 0.15) is 0 Å². The van der Waals surface area contributed by atoms with Crippen molar-refractivity contribution in [2.75, 3.05) is 0 Å². The van der Waals surface area contributed by atoms with Crippen LogP contribution in [0.5, 0.6) is 0 Å². The fourth-order valence-electron chi connectivity index (χ4n) is 13.9. The Hall–Kier alpha value is 5.06. The van der Waals surface area contributed by atoms with Crippen LogP contribution in [-0.2, 0) is 0 Å². The molecule has 0 fully saturated rings. The molecule has 0 saturated carbocycles. The maximum Gasteiger partial charge on any atom is -0.000000000000000000104 e. The van der Waals surface area contributed by atoms with Crippen molar-refractivity contribution in [2.24, 2.45) is 0 Å². The lowest BCUT2D eigenvalue weighted by molar-refractivity contribution is 3.14. The van der Waals surface area contributed by atoms with Gasteiger partial charge in [0.2, 0.25) is 0 Å². The second-order valence-electron chi connectivity index (χ2n) is 21.9. The first-order valence-electron chi connectivity index (χ1n) is 25.7. The van der Waals surface area contributed by atoms with Gasteiger partial charge in [0.15, 0.2) is 0 Å². The van der Waals surface area contributed by atoms with Gasteiger partial charge in [-0.2, -0.15) is 0 Å². The van der Waals surface area contributed by atoms with E-state index >= 15 is 0 Å². The third-order valence-corrected chi connectivity index (χ3v) is 16.4. The molecule has 0 aliphatic rings. The second-order valence-corrected chi connectivity index (χ2v) is 21.9. The van der Waals surface area contributed by atoms with E-state index in [4.69, 9.17) is 309 Å². The summed E-state index contributed by atoms with van der Waals surface area (Å²) in [6.45, 7) is 0. The van der Waals surface area contributed by atoms with Crippen molar-refractivity contribution >= 4 is 552 Å². The average molecular weight is 843 g/mol. The van der Waals surface area contributed by atoms with E-state index in [0.717, 1.165) is 0 Å². The molecule has 78 heavy (non-hydrogen) atoms. The quantitative estimate of drug-likeness (QED) is 0.0547. The van der Waals surface area contributed by atoms with Crippen LogP contribution in [0.3, 0.4) is 0 Å². The molecule has 0 aromatic heterocycles. The molecule has 0 heterocycles. The van der Waals surface area contributed by atoms with Crippen molar-refractivity contribution in [1.29, 1.82) is 0 Å². The van der Waals surface area contributed by atoms with E-state index in [1.165, 1.54) is 0 Å². The van der Waals surface area contributed by atoms with E-state index in [0.29, 0.717) is 0 Å². The van der Waals surface area contributed by atoms with Crippen LogP contribution in [0, 0.1) is 0 Å². The van der Waals surface area contributed by atoms with E-state index in [1.54, 1.807) is 0 Å². The van der Waals surface area contributed by atoms with Crippen molar-refractivity contribution < 1.29 is 0 Å². The van der Waals surface area contributed by atoms with Gasteiger partial charge in [-0.1, -0.05) is 0 Å². The van der Waals surface area contributed by atoms with Crippen molar-refractivity contribution in [3.63, 3.8) is 0 Å². The van der Waals surface area contributed by atoms with Crippen molar-refractivity contribution in [2.45, 2.75) is 0 Å². The fourth-order valence-corrected chi connectivity index (χ4v) is 13.9. The molecule has 0 bridgehead atoms. The highest BCUT2D eigenvalue weighted by atomic mass is 13.5. The molecule has 78 heteroatoms. The smallest absolute Gasteiger partial charge is 0.000000000000000000104 e. The lowest BCUT2D eigenvalue weighted by Crippen LogP contribution is -2.99. The minimum Gasteiger partial charge on any atom is -0.729 e. The topological polar surface area (TPSA) is 0 Å². The predicted octanol–water partition coefficient (Wildman–Crippen LogP) is -29.7. The Morgan fingerprint density at radius 1 is 0.115 bits per heavy atom. The summed E-state index contributed by atoms with van der Waals surface area (Å²) < 4.78 is 0. The largest absolute Gasteiger partial charge is 0.729 e. The van der Waals surface area contributed by atoms with E-state index < -0.39 is 243 Å². The van der Waals surface area contributed by atoms with E-state index in [9.17, 15) is 0 Å². The second kappa shape index (κ2) is 38.0. The Morgan fingerprint density at radius 2 is 0.192 bits per heavy atom. The predicted molar refractivity (Wildman–Crippen MR) is 449 cm³/mol. The molecule has 0 aromatic rings. The fraction of sp³-hybridized carbons (Fsp3) is 0. The summed E-state index contributed by atoms with van der Waals surface area (Å²) in [6, 6.07) is 0. The zero-order valence-corrected chi connectivity index (χ0v) is 45.0. The van der Waals surface area contributed by atoms with Gasteiger partial charge in [-0.25, -0.2) is 6.39 Å². The summed E-state index contributed by atoms with van der Waals surface area (Å²) in [5.74, 6) is 0. The van der Waals surface area contributed by atoms with Gasteiger partial charge >= 0.3 is 0 Å². The maximum atomic E-state index is 6.88. The minimum absolute atomic E-state index is 1.57. The molecule has 0 N–H and O–H groups in total. The SMILES string of the molecule is [B]B([B])B(B([B])[B])B(B(B([B])[B])B([B])[B])B(B(B(B([B])[B])B([B])[B])B(B([B])[B])B([B])[B])B(B(B(B([B])[B])B([B])[B])B(B([B])[B])B([B])[B])B(B(B(B([B])[B])B([B])[B])B(B([B])[B])B([B])[B])B(B(B([B])[B])B([B])[B])B(B([B])[B-])B([B-])[B-]. The molecular weight excluding hydrogens is 843 g/mol.